The van der Waals surface area contributed by atoms with E-state index < -0.39 is 42.6 Å². The van der Waals surface area contributed by atoms with Crippen LogP contribution in [0.2, 0.25) is 0 Å². The molecule has 0 bridgehead atoms. The monoisotopic (exact) mass is 406 g/mol. The topological polar surface area (TPSA) is 136 Å². The Kier molecular flexibility index (Phi) is 3.81. The second-order valence-electron chi connectivity index (χ2n) is 6.83. The normalized spacial score (nSPS) is 28.5. The lowest BCUT2D eigenvalue weighted by Crippen LogP contribution is -2.44. The number of hydrogen-bond donors (Lipinski definition) is 1. The average molecular weight is 406 g/mol. The maximum Gasteiger partial charge on any atom is 0.289 e. The molecule has 1 saturated heterocycles. The van der Waals surface area contributed by atoms with E-state index in [1.807, 2.05) is 0 Å². The highest BCUT2D eigenvalue weighted by Crippen LogP contribution is 2.57. The fraction of sp³-hybridized carbons (Fsp3) is 0.294. The van der Waals surface area contributed by atoms with Gasteiger partial charge in [-0.2, -0.15) is 4.31 Å². The van der Waals surface area contributed by atoms with Crippen LogP contribution in [0.5, 0.6) is 0 Å². The SMILES string of the molecule is NC(=O)C1(F)CCC2(CN2S(=O)(=O)c2ccccc2[N+](=O)[O-])c2ncccc21. The number of pyridine rings is 1. The summed E-state index contributed by atoms with van der Waals surface area (Å²) in [4.78, 5) is 25.9. The van der Waals surface area contributed by atoms with E-state index in [0.717, 1.165) is 16.4 Å². The van der Waals surface area contributed by atoms with E-state index in [2.05, 4.69) is 4.98 Å². The number of para-hydroxylation sites is 1. The van der Waals surface area contributed by atoms with E-state index in [1.54, 1.807) is 0 Å². The van der Waals surface area contributed by atoms with Crippen LogP contribution in [0.15, 0.2) is 47.5 Å². The lowest BCUT2D eigenvalue weighted by molar-refractivity contribution is -0.387. The first-order valence-electron chi connectivity index (χ1n) is 8.36. The van der Waals surface area contributed by atoms with Crippen LogP contribution in [-0.2, 0) is 26.0 Å². The van der Waals surface area contributed by atoms with Gasteiger partial charge in [0.2, 0.25) is 5.67 Å². The molecule has 2 heterocycles. The average Bonchev–Trinajstić information content (AvgIpc) is 3.41. The van der Waals surface area contributed by atoms with Gasteiger partial charge in [-0.3, -0.25) is 19.9 Å². The molecule has 1 spiro atoms. The molecular formula is C17H15FN4O5S. The largest absolute Gasteiger partial charge is 0.367 e. The number of nitrogens with zero attached hydrogens (tertiary/aromatic N) is 3. The van der Waals surface area contributed by atoms with Gasteiger partial charge >= 0.3 is 0 Å². The Morgan fingerprint density at radius 1 is 1.25 bits per heavy atom. The third-order valence-electron chi connectivity index (χ3n) is 5.36. The van der Waals surface area contributed by atoms with Crippen molar-refractivity contribution in [3.63, 3.8) is 0 Å². The van der Waals surface area contributed by atoms with Crippen LogP contribution >= 0.6 is 0 Å². The van der Waals surface area contributed by atoms with Crippen molar-refractivity contribution in [1.29, 1.82) is 0 Å². The fourth-order valence-corrected chi connectivity index (χ4v) is 5.76. The van der Waals surface area contributed by atoms with Crippen molar-refractivity contribution in [2.24, 2.45) is 5.73 Å². The van der Waals surface area contributed by atoms with E-state index >= 15 is 4.39 Å². The summed E-state index contributed by atoms with van der Waals surface area (Å²) < 4.78 is 42.5. The molecule has 2 aliphatic rings. The van der Waals surface area contributed by atoms with Gasteiger partial charge < -0.3 is 5.73 Å². The second kappa shape index (κ2) is 5.79. The van der Waals surface area contributed by atoms with Crippen LogP contribution < -0.4 is 5.73 Å². The lowest BCUT2D eigenvalue weighted by Gasteiger charge is -2.33. The standard InChI is InChI=1S/C17H15FN4O5S/c18-17(15(19)23)8-7-16(14-11(17)4-3-9-20-14)10-21(16)28(26,27)13-6-2-1-5-12(13)22(24)25/h1-6,9H,7-8,10H2,(H2,19,23). The Balaban J connectivity index is 1.82. The van der Waals surface area contributed by atoms with Crippen LogP contribution in [0.1, 0.15) is 24.1 Å². The molecule has 4 rings (SSSR count). The van der Waals surface area contributed by atoms with Crippen LogP contribution in [0.3, 0.4) is 0 Å². The molecule has 3 unspecified atom stereocenters. The number of primary amides is 1. The first-order valence-corrected chi connectivity index (χ1v) is 9.80. The third-order valence-corrected chi connectivity index (χ3v) is 7.32. The first kappa shape index (κ1) is 18.4. The molecule has 28 heavy (non-hydrogen) atoms. The minimum atomic E-state index is -4.24. The molecular weight excluding hydrogens is 391 g/mol. The van der Waals surface area contributed by atoms with Gasteiger partial charge in [0.05, 0.1) is 16.2 Å². The highest BCUT2D eigenvalue weighted by Gasteiger charge is 2.66. The van der Waals surface area contributed by atoms with E-state index in [9.17, 15) is 23.3 Å². The summed E-state index contributed by atoms with van der Waals surface area (Å²) in [5.41, 5.74) is 1.17. The van der Waals surface area contributed by atoms with Crippen molar-refractivity contribution in [2.45, 2.75) is 28.9 Å². The molecule has 2 N–H and O–H groups in total. The smallest absolute Gasteiger partial charge is 0.289 e. The Morgan fingerprint density at radius 3 is 2.64 bits per heavy atom. The number of hydrogen-bond acceptors (Lipinski definition) is 6. The van der Waals surface area contributed by atoms with Crippen molar-refractivity contribution in [3.05, 3.63) is 64.0 Å². The molecule has 1 aliphatic carbocycles. The Hall–Kier alpha value is -2.92. The van der Waals surface area contributed by atoms with Crippen molar-refractivity contribution < 1.29 is 22.5 Å². The predicted molar refractivity (Wildman–Crippen MR) is 94.1 cm³/mol. The van der Waals surface area contributed by atoms with E-state index in [1.165, 1.54) is 30.5 Å². The Bertz CT molecular complexity index is 1120. The molecule has 9 nitrogen and oxygen atoms in total. The highest BCUT2D eigenvalue weighted by atomic mass is 32.2. The number of nitrogens with two attached hydrogens (primary N) is 1. The number of carbonyl (C=O) groups excluding carboxylic acids is 1. The molecule has 1 aromatic carbocycles. The molecule has 146 valence electrons. The number of fused-ring (bicyclic) bond motifs is 2. The van der Waals surface area contributed by atoms with E-state index in [4.69, 9.17) is 5.73 Å². The molecule has 1 aromatic heterocycles. The number of alkyl halides is 1. The van der Waals surface area contributed by atoms with Crippen molar-refractivity contribution >= 4 is 21.6 Å². The van der Waals surface area contributed by atoms with Gasteiger partial charge in [-0.1, -0.05) is 18.2 Å². The molecule has 2 aromatic rings. The van der Waals surface area contributed by atoms with E-state index in [0.29, 0.717) is 0 Å². The molecule has 11 heteroatoms. The van der Waals surface area contributed by atoms with Gasteiger partial charge in [0, 0.05) is 24.4 Å². The van der Waals surface area contributed by atoms with Crippen molar-refractivity contribution in [3.8, 4) is 0 Å². The van der Waals surface area contributed by atoms with Gasteiger partial charge in [-0.05, 0) is 25.0 Å². The Labute approximate surface area is 159 Å². The maximum atomic E-state index is 15.2. The van der Waals surface area contributed by atoms with Crippen LogP contribution in [0.25, 0.3) is 0 Å². The zero-order chi connectivity index (χ0) is 20.3. The minimum absolute atomic E-state index is 0.0137. The maximum absolute atomic E-state index is 15.2. The van der Waals surface area contributed by atoms with Gasteiger partial charge in [-0.15, -0.1) is 0 Å². The molecule has 1 fully saturated rings. The van der Waals surface area contributed by atoms with Crippen molar-refractivity contribution in [2.75, 3.05) is 6.54 Å². The van der Waals surface area contributed by atoms with Gasteiger partial charge in [0.25, 0.3) is 21.6 Å². The molecule has 0 saturated carbocycles. The summed E-state index contributed by atoms with van der Waals surface area (Å²) in [6.07, 6.45) is 1.06. The molecule has 3 atom stereocenters. The quantitative estimate of drug-likeness (QED) is 0.462. The number of aromatic nitrogens is 1. The predicted octanol–water partition coefficient (Wildman–Crippen LogP) is 1.33. The zero-order valence-corrected chi connectivity index (χ0v) is 15.2. The number of halogens is 1. The van der Waals surface area contributed by atoms with Gasteiger partial charge in [-0.25, -0.2) is 12.8 Å². The molecule has 1 aliphatic heterocycles. The zero-order valence-electron chi connectivity index (χ0n) is 14.4. The number of sulfonamides is 1. The number of carbonyl (C=O) groups is 1. The number of nitro benzene ring substituents is 1. The summed E-state index contributed by atoms with van der Waals surface area (Å²) in [5, 5.41) is 11.2. The van der Waals surface area contributed by atoms with E-state index in [-0.39, 0.29) is 30.6 Å². The van der Waals surface area contributed by atoms with Crippen LogP contribution in [0.4, 0.5) is 10.1 Å². The van der Waals surface area contributed by atoms with Crippen LogP contribution in [0, 0.1) is 10.1 Å². The van der Waals surface area contributed by atoms with Gasteiger partial charge in [0.1, 0.15) is 0 Å². The van der Waals surface area contributed by atoms with Gasteiger partial charge in [0.15, 0.2) is 4.90 Å². The molecule has 1 amide bonds. The second-order valence-corrected chi connectivity index (χ2v) is 8.66. The number of benzene rings is 1. The summed E-state index contributed by atoms with van der Waals surface area (Å²) in [6.45, 7) is -0.0137. The number of rotatable bonds is 4. The fourth-order valence-electron chi connectivity index (χ4n) is 3.84. The summed E-state index contributed by atoms with van der Waals surface area (Å²) in [5.74, 6) is -1.16. The first-order chi connectivity index (χ1) is 13.1. The highest BCUT2D eigenvalue weighted by molar-refractivity contribution is 7.89. The summed E-state index contributed by atoms with van der Waals surface area (Å²) in [6, 6.07) is 7.83. The van der Waals surface area contributed by atoms with Crippen molar-refractivity contribution in [1.82, 2.24) is 9.29 Å². The molecule has 0 radical (unpaired) electrons. The Morgan fingerprint density at radius 2 is 1.96 bits per heavy atom. The summed E-state index contributed by atoms with van der Waals surface area (Å²) >= 11 is 0. The lowest BCUT2D eigenvalue weighted by atomic mass is 9.76. The third kappa shape index (κ3) is 2.36. The summed E-state index contributed by atoms with van der Waals surface area (Å²) in [7, 11) is -4.24. The number of nitro groups is 1. The number of amides is 1. The van der Waals surface area contributed by atoms with Crippen LogP contribution in [-0.4, -0.2) is 35.1 Å². The minimum Gasteiger partial charge on any atom is -0.367 e.